The van der Waals surface area contributed by atoms with Gasteiger partial charge in [0.1, 0.15) is 17.2 Å². The van der Waals surface area contributed by atoms with Gasteiger partial charge in [-0.15, -0.1) is 0 Å². The average Bonchev–Trinajstić information content (AvgIpc) is 3.40. The minimum absolute atomic E-state index is 0.0190. The smallest absolute Gasteiger partial charge is 0.232 e. The Labute approximate surface area is 168 Å². The molecule has 1 aliphatic rings. The van der Waals surface area contributed by atoms with Gasteiger partial charge in [-0.25, -0.2) is 0 Å². The molecule has 1 amide bonds. The van der Waals surface area contributed by atoms with Gasteiger partial charge in [-0.3, -0.25) is 4.79 Å². The van der Waals surface area contributed by atoms with Crippen LogP contribution < -0.4 is 19.1 Å². The second kappa shape index (κ2) is 7.83. The van der Waals surface area contributed by atoms with E-state index >= 15 is 0 Å². The summed E-state index contributed by atoms with van der Waals surface area (Å²) in [6.45, 7) is 0.444. The number of hydrogen-bond donors (Lipinski definition) is 0. The summed E-state index contributed by atoms with van der Waals surface area (Å²) >= 11 is 0. The predicted octanol–water partition coefficient (Wildman–Crippen LogP) is 3.28. The summed E-state index contributed by atoms with van der Waals surface area (Å²) in [7, 11) is 4.76. The van der Waals surface area contributed by atoms with E-state index in [0.717, 1.165) is 11.3 Å². The number of nitrogens with zero attached hydrogens (tertiary/aromatic N) is 3. The highest BCUT2D eigenvalue weighted by Gasteiger charge is 2.35. The first-order valence-electron chi connectivity index (χ1n) is 9.12. The molecule has 8 heteroatoms. The molecule has 1 aliphatic heterocycles. The van der Waals surface area contributed by atoms with Crippen LogP contribution in [0.15, 0.2) is 47.0 Å². The fourth-order valence-electron chi connectivity index (χ4n) is 3.33. The number of amides is 1. The number of ether oxygens (including phenoxy) is 3. The number of hydrogen-bond acceptors (Lipinski definition) is 7. The fourth-order valence-corrected chi connectivity index (χ4v) is 3.33. The van der Waals surface area contributed by atoms with Gasteiger partial charge >= 0.3 is 0 Å². The molecule has 8 nitrogen and oxygen atoms in total. The highest BCUT2D eigenvalue weighted by atomic mass is 16.5. The maximum absolute atomic E-state index is 12.6. The Morgan fingerprint density at radius 3 is 2.24 bits per heavy atom. The van der Waals surface area contributed by atoms with Crippen LogP contribution in [0.5, 0.6) is 17.2 Å². The molecule has 1 saturated heterocycles. The van der Waals surface area contributed by atoms with Crippen molar-refractivity contribution in [3.05, 3.63) is 48.4 Å². The van der Waals surface area contributed by atoms with Crippen molar-refractivity contribution >= 4 is 11.6 Å². The molecular weight excluding hydrogens is 374 g/mol. The van der Waals surface area contributed by atoms with Gasteiger partial charge in [0.25, 0.3) is 0 Å². The molecule has 0 radical (unpaired) electrons. The van der Waals surface area contributed by atoms with E-state index < -0.39 is 0 Å². The van der Waals surface area contributed by atoms with Gasteiger partial charge in [0, 0.05) is 36.7 Å². The van der Waals surface area contributed by atoms with E-state index in [4.69, 9.17) is 18.7 Å². The first-order chi connectivity index (χ1) is 14.1. The van der Waals surface area contributed by atoms with Gasteiger partial charge in [-0.1, -0.05) is 5.16 Å². The van der Waals surface area contributed by atoms with Gasteiger partial charge in [-0.05, 0) is 24.3 Å². The molecule has 0 aliphatic carbocycles. The van der Waals surface area contributed by atoms with Crippen LogP contribution in [0.1, 0.15) is 18.2 Å². The van der Waals surface area contributed by atoms with Crippen LogP contribution in [0.25, 0.3) is 11.4 Å². The van der Waals surface area contributed by atoms with Gasteiger partial charge in [0.05, 0.1) is 32.9 Å². The highest BCUT2D eigenvalue weighted by molar-refractivity contribution is 5.96. The van der Waals surface area contributed by atoms with E-state index in [0.29, 0.717) is 41.9 Å². The summed E-state index contributed by atoms with van der Waals surface area (Å²) in [5.41, 5.74) is 1.53. The first kappa shape index (κ1) is 18.8. The van der Waals surface area contributed by atoms with Crippen LogP contribution >= 0.6 is 0 Å². The number of carbonyl (C=O) groups is 1. The zero-order valence-electron chi connectivity index (χ0n) is 16.4. The molecule has 4 rings (SSSR count). The molecular formula is C21H21N3O5. The van der Waals surface area contributed by atoms with Gasteiger partial charge in [0.2, 0.25) is 17.6 Å². The summed E-state index contributed by atoms with van der Waals surface area (Å²) < 4.78 is 21.2. The molecule has 0 N–H and O–H groups in total. The van der Waals surface area contributed by atoms with Crippen molar-refractivity contribution in [3.8, 4) is 28.6 Å². The van der Waals surface area contributed by atoms with Crippen LogP contribution in [-0.4, -0.2) is 43.9 Å². The number of aromatic nitrogens is 2. The second-order valence-electron chi connectivity index (χ2n) is 6.66. The lowest BCUT2D eigenvalue weighted by molar-refractivity contribution is -0.117. The molecule has 29 heavy (non-hydrogen) atoms. The summed E-state index contributed by atoms with van der Waals surface area (Å²) in [5.74, 6) is 2.72. The Bertz CT molecular complexity index is 993. The topological polar surface area (TPSA) is 86.9 Å². The normalized spacial score (nSPS) is 16.2. The van der Waals surface area contributed by atoms with Gasteiger partial charge in [0.15, 0.2) is 0 Å². The standard InChI is InChI=1S/C21H21N3O5/c1-26-16-6-4-13(5-7-16)20-22-21(29-23-20)14-8-19(25)24(12-14)15-9-17(27-2)11-18(10-15)28-3/h4-7,9-11,14H,8,12H2,1-3H3. The van der Waals surface area contributed by atoms with Crippen molar-refractivity contribution in [1.29, 1.82) is 0 Å². The van der Waals surface area contributed by atoms with Crippen LogP contribution in [0.4, 0.5) is 5.69 Å². The monoisotopic (exact) mass is 395 g/mol. The number of benzene rings is 2. The third-order valence-corrected chi connectivity index (χ3v) is 4.91. The maximum atomic E-state index is 12.6. The molecule has 2 heterocycles. The third kappa shape index (κ3) is 3.73. The molecule has 3 aromatic rings. The fraction of sp³-hybridized carbons (Fsp3) is 0.286. The van der Waals surface area contributed by atoms with Crippen molar-refractivity contribution < 1.29 is 23.5 Å². The largest absolute Gasteiger partial charge is 0.497 e. The Morgan fingerprint density at radius 2 is 1.62 bits per heavy atom. The Hall–Kier alpha value is -3.55. The van der Waals surface area contributed by atoms with Gasteiger partial charge in [-0.2, -0.15) is 4.98 Å². The molecule has 0 bridgehead atoms. The average molecular weight is 395 g/mol. The van der Waals surface area contributed by atoms with E-state index in [1.165, 1.54) is 0 Å². The maximum Gasteiger partial charge on any atom is 0.232 e. The lowest BCUT2D eigenvalue weighted by Gasteiger charge is -2.18. The van der Waals surface area contributed by atoms with E-state index in [1.807, 2.05) is 24.3 Å². The minimum atomic E-state index is -0.181. The Morgan fingerprint density at radius 1 is 0.966 bits per heavy atom. The van der Waals surface area contributed by atoms with Crippen molar-refractivity contribution in [3.63, 3.8) is 0 Å². The molecule has 1 atom stereocenters. The first-order valence-corrected chi connectivity index (χ1v) is 9.12. The van der Waals surface area contributed by atoms with Crippen molar-refractivity contribution in [2.24, 2.45) is 0 Å². The zero-order valence-corrected chi connectivity index (χ0v) is 16.4. The summed E-state index contributed by atoms with van der Waals surface area (Å²) in [6.07, 6.45) is 0.295. The molecule has 1 fully saturated rings. The van der Waals surface area contributed by atoms with Crippen LogP contribution in [0.3, 0.4) is 0 Å². The lowest BCUT2D eigenvalue weighted by Crippen LogP contribution is -2.24. The van der Waals surface area contributed by atoms with E-state index in [-0.39, 0.29) is 11.8 Å². The molecule has 2 aromatic carbocycles. The second-order valence-corrected chi connectivity index (χ2v) is 6.66. The summed E-state index contributed by atoms with van der Waals surface area (Å²) in [6, 6.07) is 12.8. The van der Waals surface area contributed by atoms with E-state index in [9.17, 15) is 4.79 Å². The quantitative estimate of drug-likeness (QED) is 0.633. The number of rotatable bonds is 6. The van der Waals surface area contributed by atoms with Crippen molar-refractivity contribution in [2.45, 2.75) is 12.3 Å². The molecule has 0 spiro atoms. The van der Waals surface area contributed by atoms with Crippen molar-refractivity contribution in [2.75, 3.05) is 32.8 Å². The van der Waals surface area contributed by atoms with E-state index in [1.54, 1.807) is 44.4 Å². The number of anilines is 1. The van der Waals surface area contributed by atoms with Crippen LogP contribution in [-0.2, 0) is 4.79 Å². The Balaban J connectivity index is 1.55. The lowest BCUT2D eigenvalue weighted by atomic mass is 10.1. The summed E-state index contributed by atoms with van der Waals surface area (Å²) in [5, 5.41) is 4.07. The number of carbonyl (C=O) groups excluding carboxylic acids is 1. The highest BCUT2D eigenvalue weighted by Crippen LogP contribution is 2.35. The Kier molecular flexibility index (Phi) is 5.07. The van der Waals surface area contributed by atoms with Crippen LogP contribution in [0, 0.1) is 0 Å². The molecule has 0 saturated carbocycles. The van der Waals surface area contributed by atoms with Crippen molar-refractivity contribution in [1.82, 2.24) is 10.1 Å². The molecule has 1 aromatic heterocycles. The van der Waals surface area contributed by atoms with E-state index in [2.05, 4.69) is 10.1 Å². The molecule has 150 valence electrons. The molecule has 1 unspecified atom stereocenters. The zero-order chi connectivity index (χ0) is 20.4. The minimum Gasteiger partial charge on any atom is -0.497 e. The predicted molar refractivity (Wildman–Crippen MR) is 106 cm³/mol. The summed E-state index contributed by atoms with van der Waals surface area (Å²) in [4.78, 5) is 18.8. The van der Waals surface area contributed by atoms with Gasteiger partial charge < -0.3 is 23.6 Å². The SMILES string of the molecule is COc1ccc(-c2noc(C3CC(=O)N(c4cc(OC)cc(OC)c4)C3)n2)cc1. The van der Waals surface area contributed by atoms with Crippen LogP contribution in [0.2, 0.25) is 0 Å². The third-order valence-electron chi connectivity index (χ3n) is 4.91. The number of methoxy groups -OCH3 is 3.